The van der Waals surface area contributed by atoms with Crippen molar-refractivity contribution in [1.29, 1.82) is 0 Å². The molecule has 8 heteroatoms. The van der Waals surface area contributed by atoms with Gasteiger partial charge in [0.2, 0.25) is 0 Å². The van der Waals surface area contributed by atoms with E-state index in [1.54, 1.807) is 18.2 Å². The first-order valence-corrected chi connectivity index (χ1v) is 9.14. The van der Waals surface area contributed by atoms with Crippen LogP contribution in [0.1, 0.15) is 10.5 Å². The Kier molecular flexibility index (Phi) is 5.31. The number of ether oxygens (including phenoxy) is 1. The van der Waals surface area contributed by atoms with Crippen molar-refractivity contribution in [2.24, 2.45) is 0 Å². The molecule has 2 N–H and O–H groups in total. The Labute approximate surface area is 160 Å². The molecule has 0 bridgehead atoms. The Morgan fingerprint density at radius 2 is 2.04 bits per heavy atom. The summed E-state index contributed by atoms with van der Waals surface area (Å²) in [5.74, 6) is -2.14. The molecule has 1 amide bonds. The molecule has 28 heavy (non-hydrogen) atoms. The number of hydrogen-bond donors (Lipinski definition) is 2. The fourth-order valence-electron chi connectivity index (χ4n) is 3.32. The second-order valence-corrected chi connectivity index (χ2v) is 6.64. The SMILES string of the molecule is O=C(NCCN1CCOCC1)c1n[nH]c2ccc(-c3cccc(F)c3F)cc12. The first kappa shape index (κ1) is 18.5. The van der Waals surface area contributed by atoms with Crippen molar-refractivity contribution in [3.63, 3.8) is 0 Å². The van der Waals surface area contributed by atoms with Crippen molar-refractivity contribution < 1.29 is 18.3 Å². The lowest BCUT2D eigenvalue weighted by Crippen LogP contribution is -2.41. The van der Waals surface area contributed by atoms with Crippen LogP contribution in [0, 0.1) is 11.6 Å². The lowest BCUT2D eigenvalue weighted by Gasteiger charge is -2.26. The predicted molar refractivity (Wildman–Crippen MR) is 101 cm³/mol. The molecule has 1 aliphatic heterocycles. The summed E-state index contributed by atoms with van der Waals surface area (Å²) in [6.45, 7) is 4.34. The van der Waals surface area contributed by atoms with Gasteiger partial charge in [0.1, 0.15) is 0 Å². The van der Waals surface area contributed by atoms with Gasteiger partial charge in [-0.05, 0) is 23.8 Å². The quantitative estimate of drug-likeness (QED) is 0.707. The van der Waals surface area contributed by atoms with Crippen molar-refractivity contribution in [2.75, 3.05) is 39.4 Å². The Morgan fingerprint density at radius 3 is 2.86 bits per heavy atom. The van der Waals surface area contributed by atoms with E-state index in [0.717, 1.165) is 25.7 Å². The van der Waals surface area contributed by atoms with Crippen LogP contribution in [0.15, 0.2) is 36.4 Å². The molecule has 1 aliphatic rings. The molecule has 0 saturated carbocycles. The van der Waals surface area contributed by atoms with Gasteiger partial charge in [-0.25, -0.2) is 8.78 Å². The Morgan fingerprint density at radius 1 is 1.21 bits per heavy atom. The molecule has 4 rings (SSSR count). The summed E-state index contributed by atoms with van der Waals surface area (Å²) in [5.41, 5.74) is 1.50. The molecule has 2 heterocycles. The van der Waals surface area contributed by atoms with Gasteiger partial charge in [-0.1, -0.05) is 18.2 Å². The van der Waals surface area contributed by atoms with Crippen LogP contribution >= 0.6 is 0 Å². The van der Waals surface area contributed by atoms with Crippen LogP contribution in [0.25, 0.3) is 22.0 Å². The maximum Gasteiger partial charge on any atom is 0.272 e. The van der Waals surface area contributed by atoms with Crippen molar-refractivity contribution in [3.8, 4) is 11.1 Å². The smallest absolute Gasteiger partial charge is 0.272 e. The van der Waals surface area contributed by atoms with Gasteiger partial charge >= 0.3 is 0 Å². The molecular formula is C20H20F2N4O2. The van der Waals surface area contributed by atoms with E-state index in [4.69, 9.17) is 4.74 Å². The molecule has 0 unspecified atom stereocenters. The minimum atomic E-state index is -0.915. The summed E-state index contributed by atoms with van der Waals surface area (Å²) in [7, 11) is 0. The van der Waals surface area contributed by atoms with Crippen LogP contribution in [0.4, 0.5) is 8.78 Å². The number of halogens is 2. The highest BCUT2D eigenvalue weighted by molar-refractivity contribution is 6.05. The highest BCUT2D eigenvalue weighted by Gasteiger charge is 2.17. The van der Waals surface area contributed by atoms with E-state index in [-0.39, 0.29) is 17.2 Å². The van der Waals surface area contributed by atoms with Crippen LogP contribution in [0.2, 0.25) is 0 Å². The van der Waals surface area contributed by atoms with Gasteiger partial charge in [-0.15, -0.1) is 0 Å². The summed E-state index contributed by atoms with van der Waals surface area (Å²) < 4.78 is 33.0. The van der Waals surface area contributed by atoms with E-state index < -0.39 is 11.6 Å². The molecule has 3 aromatic rings. The van der Waals surface area contributed by atoms with Gasteiger partial charge in [-0.2, -0.15) is 5.10 Å². The number of aromatic nitrogens is 2. The minimum Gasteiger partial charge on any atom is -0.379 e. The molecule has 2 aromatic carbocycles. The van der Waals surface area contributed by atoms with E-state index in [1.807, 2.05) is 0 Å². The van der Waals surface area contributed by atoms with Gasteiger partial charge in [-0.3, -0.25) is 14.8 Å². The number of carbonyl (C=O) groups excluding carboxylic acids is 1. The third kappa shape index (κ3) is 3.74. The average Bonchev–Trinajstić information content (AvgIpc) is 3.14. The number of H-pyrrole nitrogens is 1. The molecule has 1 fully saturated rings. The van der Waals surface area contributed by atoms with E-state index in [0.29, 0.717) is 36.2 Å². The van der Waals surface area contributed by atoms with E-state index >= 15 is 0 Å². The second kappa shape index (κ2) is 8.04. The molecule has 0 spiro atoms. The number of nitrogens with zero attached hydrogens (tertiary/aromatic N) is 2. The van der Waals surface area contributed by atoms with Gasteiger partial charge in [0.25, 0.3) is 5.91 Å². The average molecular weight is 386 g/mol. The Balaban J connectivity index is 1.52. The zero-order chi connectivity index (χ0) is 19.5. The highest BCUT2D eigenvalue weighted by Crippen LogP contribution is 2.28. The third-order valence-corrected chi connectivity index (χ3v) is 4.86. The number of fused-ring (bicyclic) bond motifs is 1. The second-order valence-electron chi connectivity index (χ2n) is 6.64. The molecule has 146 valence electrons. The van der Waals surface area contributed by atoms with Gasteiger partial charge in [0.05, 0.1) is 18.7 Å². The first-order chi connectivity index (χ1) is 13.6. The summed E-state index contributed by atoms with van der Waals surface area (Å²) in [4.78, 5) is 14.8. The summed E-state index contributed by atoms with van der Waals surface area (Å²) in [6, 6.07) is 9.04. The number of nitrogens with one attached hydrogen (secondary N) is 2. The highest BCUT2D eigenvalue weighted by atomic mass is 19.2. The summed E-state index contributed by atoms with van der Waals surface area (Å²) >= 11 is 0. The van der Waals surface area contributed by atoms with E-state index in [2.05, 4.69) is 20.4 Å². The van der Waals surface area contributed by atoms with Gasteiger partial charge in [0.15, 0.2) is 17.3 Å². The number of benzene rings is 2. The zero-order valence-corrected chi connectivity index (χ0v) is 15.2. The molecule has 0 atom stereocenters. The maximum atomic E-state index is 14.1. The lowest BCUT2D eigenvalue weighted by atomic mass is 10.0. The Bertz CT molecular complexity index is 999. The van der Waals surface area contributed by atoms with Crippen LogP contribution in [-0.2, 0) is 4.74 Å². The number of morpholine rings is 1. The molecule has 1 saturated heterocycles. The number of amides is 1. The molecule has 6 nitrogen and oxygen atoms in total. The normalized spacial score (nSPS) is 15.1. The molecule has 0 aliphatic carbocycles. The standard InChI is InChI=1S/C20H20F2N4O2/c21-16-3-1-2-14(18(16)22)13-4-5-17-15(12-13)19(25-24-17)20(27)23-6-7-26-8-10-28-11-9-26/h1-5,12H,6-11H2,(H,23,27)(H,24,25). The maximum absolute atomic E-state index is 14.1. The topological polar surface area (TPSA) is 70.2 Å². The van der Waals surface area contributed by atoms with Crippen molar-refractivity contribution in [2.45, 2.75) is 0 Å². The number of carbonyl (C=O) groups is 1. The molecular weight excluding hydrogens is 366 g/mol. The molecule has 0 radical (unpaired) electrons. The van der Waals surface area contributed by atoms with Gasteiger partial charge < -0.3 is 10.1 Å². The Hall–Kier alpha value is -2.84. The van der Waals surface area contributed by atoms with Crippen LogP contribution in [-0.4, -0.2) is 60.4 Å². The fraction of sp³-hybridized carbons (Fsp3) is 0.300. The lowest BCUT2D eigenvalue weighted by molar-refractivity contribution is 0.0383. The van der Waals surface area contributed by atoms with Crippen LogP contribution in [0.3, 0.4) is 0 Å². The zero-order valence-electron chi connectivity index (χ0n) is 15.2. The van der Waals surface area contributed by atoms with Crippen LogP contribution in [0.5, 0.6) is 0 Å². The predicted octanol–water partition coefficient (Wildman–Crippen LogP) is 2.57. The largest absolute Gasteiger partial charge is 0.379 e. The minimum absolute atomic E-state index is 0.141. The van der Waals surface area contributed by atoms with Crippen molar-refractivity contribution >= 4 is 16.8 Å². The number of hydrogen-bond acceptors (Lipinski definition) is 4. The van der Waals surface area contributed by atoms with Crippen LogP contribution < -0.4 is 5.32 Å². The summed E-state index contributed by atoms with van der Waals surface area (Å²) in [5, 5.41) is 10.3. The van der Waals surface area contributed by atoms with Crippen molar-refractivity contribution in [3.05, 3.63) is 53.7 Å². The third-order valence-electron chi connectivity index (χ3n) is 4.86. The van der Waals surface area contributed by atoms with E-state index in [9.17, 15) is 13.6 Å². The van der Waals surface area contributed by atoms with Crippen molar-refractivity contribution in [1.82, 2.24) is 20.4 Å². The number of rotatable bonds is 5. The first-order valence-electron chi connectivity index (χ1n) is 9.14. The summed E-state index contributed by atoms with van der Waals surface area (Å²) in [6.07, 6.45) is 0. The van der Waals surface area contributed by atoms with Gasteiger partial charge in [0, 0.05) is 37.1 Å². The fourth-order valence-corrected chi connectivity index (χ4v) is 3.32. The monoisotopic (exact) mass is 386 g/mol. The number of aromatic amines is 1. The van der Waals surface area contributed by atoms with E-state index in [1.165, 1.54) is 12.1 Å². The molecule has 1 aromatic heterocycles.